The number of fused-ring (bicyclic) bond motifs is 1. The molecule has 4 heterocycles. The number of nitrogens with zero attached hydrogens (tertiary/aromatic N) is 5. The summed E-state index contributed by atoms with van der Waals surface area (Å²) in [4.78, 5) is 20.1. The molecule has 1 fully saturated rings. The summed E-state index contributed by atoms with van der Waals surface area (Å²) in [6.07, 6.45) is 8.68. The minimum absolute atomic E-state index is 0.216. The predicted molar refractivity (Wildman–Crippen MR) is 117 cm³/mol. The first kappa shape index (κ1) is 20.3. The summed E-state index contributed by atoms with van der Waals surface area (Å²) in [6, 6.07) is 5.98. The van der Waals surface area contributed by atoms with Gasteiger partial charge in [-0.2, -0.15) is 0 Å². The normalized spacial score (nSPS) is 18.5. The lowest BCUT2D eigenvalue weighted by Crippen LogP contribution is -2.36. The van der Waals surface area contributed by atoms with E-state index in [2.05, 4.69) is 24.8 Å². The molecule has 8 nitrogen and oxygen atoms in total. The van der Waals surface area contributed by atoms with Crippen LogP contribution in [0.1, 0.15) is 12.8 Å². The van der Waals surface area contributed by atoms with Gasteiger partial charge in [0.2, 0.25) is 5.95 Å². The van der Waals surface area contributed by atoms with E-state index in [0.717, 1.165) is 42.0 Å². The third kappa shape index (κ3) is 4.53. The van der Waals surface area contributed by atoms with E-state index < -0.39 is 11.2 Å². The molecular formula is C21H20ClN5O3S. The zero-order chi connectivity index (χ0) is 21.2. The van der Waals surface area contributed by atoms with Crippen molar-refractivity contribution in [2.45, 2.75) is 17.7 Å². The van der Waals surface area contributed by atoms with Gasteiger partial charge in [-0.05, 0) is 42.5 Å². The maximum atomic E-state index is 11.8. The molecule has 0 aliphatic carbocycles. The van der Waals surface area contributed by atoms with Crippen LogP contribution >= 0.6 is 11.6 Å². The summed E-state index contributed by atoms with van der Waals surface area (Å²) in [6.45, 7) is 2.33. The van der Waals surface area contributed by atoms with Crippen LogP contribution in [0.2, 0.25) is 5.02 Å². The lowest BCUT2D eigenvalue weighted by molar-refractivity contribution is 0.208. The topological polar surface area (TPSA) is 96.3 Å². The second-order valence-corrected chi connectivity index (χ2v) is 9.27. The molecule has 1 unspecified atom stereocenters. The quantitative estimate of drug-likeness (QED) is 0.538. The molecule has 1 atom stereocenters. The monoisotopic (exact) mass is 457 g/mol. The van der Waals surface area contributed by atoms with Gasteiger partial charge >= 0.3 is 6.01 Å². The highest BCUT2D eigenvalue weighted by Crippen LogP contribution is 2.35. The highest BCUT2D eigenvalue weighted by atomic mass is 35.5. The van der Waals surface area contributed by atoms with E-state index in [0.29, 0.717) is 35.3 Å². The van der Waals surface area contributed by atoms with Crippen molar-refractivity contribution in [3.05, 3.63) is 48.0 Å². The molecule has 1 saturated heterocycles. The highest BCUT2D eigenvalue weighted by molar-refractivity contribution is 7.91. The van der Waals surface area contributed by atoms with Crippen LogP contribution in [0.25, 0.3) is 11.1 Å². The molecule has 2 aromatic heterocycles. The molecule has 1 aromatic carbocycles. The van der Waals surface area contributed by atoms with Crippen molar-refractivity contribution in [2.24, 2.45) is 5.92 Å². The molecule has 2 aliphatic rings. The third-order valence-corrected chi connectivity index (χ3v) is 6.78. The fourth-order valence-corrected chi connectivity index (χ4v) is 4.69. The number of anilines is 1. The summed E-state index contributed by atoms with van der Waals surface area (Å²) >= 11 is 4.78. The molecule has 0 N–H and O–H groups in total. The fraction of sp³-hybridized carbons (Fsp3) is 0.333. The van der Waals surface area contributed by atoms with Crippen LogP contribution in [0.4, 0.5) is 5.95 Å². The van der Waals surface area contributed by atoms with Gasteiger partial charge in [0.1, 0.15) is 0 Å². The zero-order valence-corrected chi connectivity index (χ0v) is 18.2. The van der Waals surface area contributed by atoms with E-state index in [1.54, 1.807) is 24.8 Å². The van der Waals surface area contributed by atoms with Crippen molar-refractivity contribution >= 4 is 28.7 Å². The molecular weight excluding hydrogens is 438 g/mol. The smallest absolute Gasteiger partial charge is 0.316 e. The van der Waals surface area contributed by atoms with E-state index in [1.807, 2.05) is 18.2 Å². The van der Waals surface area contributed by atoms with Crippen molar-refractivity contribution in [1.82, 2.24) is 19.9 Å². The number of hydrogen-bond donors (Lipinski definition) is 0. The summed E-state index contributed by atoms with van der Waals surface area (Å²) < 4.78 is 23.1. The first-order valence-electron chi connectivity index (χ1n) is 9.98. The van der Waals surface area contributed by atoms with Gasteiger partial charge in [0.25, 0.3) is 5.94 Å². The Morgan fingerprint density at radius 2 is 1.81 bits per heavy atom. The molecule has 0 radical (unpaired) electrons. The first-order valence-corrected chi connectivity index (χ1v) is 11.7. The Balaban J connectivity index is 1.14. The Kier molecular flexibility index (Phi) is 5.80. The van der Waals surface area contributed by atoms with Crippen molar-refractivity contribution in [3.63, 3.8) is 0 Å². The number of hydrogen-bond acceptors (Lipinski definition) is 8. The van der Waals surface area contributed by atoms with E-state index in [-0.39, 0.29) is 5.94 Å². The van der Waals surface area contributed by atoms with Gasteiger partial charge in [0.15, 0.2) is 10.6 Å². The van der Waals surface area contributed by atoms with E-state index in [9.17, 15) is 4.55 Å². The average molecular weight is 458 g/mol. The van der Waals surface area contributed by atoms with Crippen molar-refractivity contribution < 1.29 is 14.0 Å². The average Bonchev–Trinajstić information content (AvgIpc) is 3.19. The van der Waals surface area contributed by atoms with Crippen molar-refractivity contribution in [1.29, 1.82) is 0 Å². The van der Waals surface area contributed by atoms with Crippen LogP contribution in [0.3, 0.4) is 0 Å². The Hall–Kier alpha value is -2.62. The zero-order valence-electron chi connectivity index (χ0n) is 16.6. The number of aromatic nitrogens is 4. The van der Waals surface area contributed by atoms with Gasteiger partial charge in [0, 0.05) is 42.2 Å². The standard InChI is InChI=1S/C21H20ClN5O3S/c22-17-10-23-20(24-11-17)27-5-3-14(4-6-27)12-29-21-25-8-16(9-26-21)15-1-2-19-18(7-15)30-13-31(19)28/h1-2,7-11,14H,3-6,12-13H2. The molecule has 5 rings (SSSR count). The minimum Gasteiger partial charge on any atom is -0.609 e. The van der Waals surface area contributed by atoms with E-state index >= 15 is 0 Å². The second-order valence-electron chi connectivity index (χ2n) is 7.47. The Bertz CT molecular complexity index is 1050. The van der Waals surface area contributed by atoms with Crippen LogP contribution in [-0.4, -0.2) is 50.1 Å². The van der Waals surface area contributed by atoms with Gasteiger partial charge in [-0.1, -0.05) is 11.6 Å². The van der Waals surface area contributed by atoms with Crippen LogP contribution < -0.4 is 14.4 Å². The van der Waals surface area contributed by atoms with Crippen molar-refractivity contribution in [3.8, 4) is 22.9 Å². The summed E-state index contributed by atoms with van der Waals surface area (Å²) in [5.74, 6) is 2.02. The molecule has 31 heavy (non-hydrogen) atoms. The number of benzene rings is 1. The molecule has 160 valence electrons. The number of ether oxygens (including phenoxy) is 2. The van der Waals surface area contributed by atoms with Crippen LogP contribution in [0.5, 0.6) is 11.8 Å². The van der Waals surface area contributed by atoms with E-state index in [1.165, 1.54) is 0 Å². The SMILES string of the molecule is [O-][S+]1COc2cc(-c3cnc(OCC4CCN(c5ncc(Cl)cn5)CC4)nc3)ccc21. The van der Waals surface area contributed by atoms with Crippen LogP contribution in [-0.2, 0) is 11.2 Å². The molecule has 10 heteroatoms. The van der Waals surface area contributed by atoms with Gasteiger partial charge < -0.3 is 18.9 Å². The van der Waals surface area contributed by atoms with Crippen molar-refractivity contribution in [2.75, 3.05) is 30.5 Å². The van der Waals surface area contributed by atoms with Crippen LogP contribution in [0, 0.1) is 5.92 Å². The number of halogens is 1. The summed E-state index contributed by atoms with van der Waals surface area (Å²) in [5, 5.41) is 0.541. The van der Waals surface area contributed by atoms with Gasteiger partial charge in [-0.15, -0.1) is 0 Å². The lowest BCUT2D eigenvalue weighted by Gasteiger charge is -2.31. The molecule has 0 amide bonds. The summed E-state index contributed by atoms with van der Waals surface area (Å²) in [7, 11) is 0. The maximum Gasteiger partial charge on any atom is 0.316 e. The minimum atomic E-state index is -1.07. The molecule has 2 aliphatic heterocycles. The van der Waals surface area contributed by atoms with E-state index in [4.69, 9.17) is 21.1 Å². The lowest BCUT2D eigenvalue weighted by atomic mass is 9.98. The maximum absolute atomic E-state index is 11.8. The first-order chi connectivity index (χ1) is 15.2. The highest BCUT2D eigenvalue weighted by Gasteiger charge is 2.26. The molecule has 3 aromatic rings. The van der Waals surface area contributed by atoms with Crippen LogP contribution in [0.15, 0.2) is 47.9 Å². The van der Waals surface area contributed by atoms with Gasteiger partial charge in [-0.3, -0.25) is 0 Å². The Morgan fingerprint density at radius 3 is 2.55 bits per heavy atom. The Labute approximate surface area is 187 Å². The molecule has 0 spiro atoms. The predicted octanol–water partition coefficient (Wildman–Crippen LogP) is 3.34. The van der Waals surface area contributed by atoms with Gasteiger partial charge in [0.05, 0.1) is 24.0 Å². The molecule has 0 saturated carbocycles. The number of rotatable bonds is 5. The number of piperidine rings is 1. The largest absolute Gasteiger partial charge is 0.609 e. The summed E-state index contributed by atoms with van der Waals surface area (Å²) in [5.41, 5.74) is 1.77. The van der Waals surface area contributed by atoms with Gasteiger partial charge in [-0.25, -0.2) is 19.9 Å². The second kappa shape index (κ2) is 8.86. The molecule has 0 bridgehead atoms. The third-order valence-electron chi connectivity index (χ3n) is 5.42. The Morgan fingerprint density at radius 1 is 1.06 bits per heavy atom. The fourth-order valence-electron chi connectivity index (χ4n) is 3.67.